The van der Waals surface area contributed by atoms with Gasteiger partial charge in [-0.2, -0.15) is 9.78 Å². The van der Waals surface area contributed by atoms with Crippen molar-refractivity contribution in [3.8, 4) is 5.69 Å². The number of nitrogens with one attached hydrogen (secondary N) is 1. The van der Waals surface area contributed by atoms with Crippen LogP contribution in [-0.2, 0) is 4.79 Å². The molecule has 0 saturated carbocycles. The molecule has 0 unspecified atom stereocenters. The molecule has 1 N–H and O–H groups in total. The summed E-state index contributed by atoms with van der Waals surface area (Å²) in [5.41, 5.74) is 0.280. The van der Waals surface area contributed by atoms with Crippen LogP contribution in [0.25, 0.3) is 22.5 Å². The van der Waals surface area contributed by atoms with E-state index in [1.54, 1.807) is 54.6 Å². The zero-order valence-corrected chi connectivity index (χ0v) is 19.8. The maximum atomic E-state index is 13.1. The average Bonchev–Trinajstić information content (AvgIpc) is 3.48. The predicted molar refractivity (Wildman–Crippen MR) is 137 cm³/mol. The van der Waals surface area contributed by atoms with Gasteiger partial charge in [-0.3, -0.25) is 24.1 Å². The van der Waals surface area contributed by atoms with Gasteiger partial charge in [0.05, 0.1) is 16.0 Å². The molecule has 0 bridgehead atoms. The Hall–Kier alpha value is -4.02. The number of carbonyl (C=O) groups is 3. The van der Waals surface area contributed by atoms with Crippen LogP contribution >= 0.6 is 23.1 Å². The first kappa shape index (κ1) is 22.8. The number of nitrogens with zero attached hydrogens (tertiary/aromatic N) is 3. The van der Waals surface area contributed by atoms with Gasteiger partial charge in [0.2, 0.25) is 0 Å². The Labute approximate surface area is 207 Å². The van der Waals surface area contributed by atoms with Crippen LogP contribution in [0, 0.1) is 0 Å². The molecule has 0 aliphatic carbocycles. The van der Waals surface area contributed by atoms with E-state index in [1.807, 2.05) is 23.6 Å². The van der Waals surface area contributed by atoms with Gasteiger partial charge in [0.1, 0.15) is 0 Å². The van der Waals surface area contributed by atoms with Crippen LogP contribution in [0.4, 0.5) is 4.79 Å². The molecular weight excluding hydrogens is 484 g/mol. The van der Waals surface area contributed by atoms with Gasteiger partial charge >= 0.3 is 0 Å². The Balaban J connectivity index is 1.35. The van der Waals surface area contributed by atoms with E-state index < -0.39 is 5.91 Å². The number of thiophene rings is 1. The van der Waals surface area contributed by atoms with Crippen molar-refractivity contribution in [2.75, 3.05) is 13.1 Å². The minimum Gasteiger partial charge on any atom is -0.349 e. The number of carbonyl (C=O) groups excluding carboxylic acids is 3. The van der Waals surface area contributed by atoms with E-state index in [9.17, 15) is 19.2 Å². The SMILES string of the molecule is O=C(NCCN1C(=O)S/C(=C\c2cccs2)C1=O)c1nn(-c2ccccc2)c(=O)c2ccccc12. The Morgan fingerprint density at radius 2 is 1.69 bits per heavy atom. The molecule has 1 fully saturated rings. The molecule has 3 amide bonds. The molecule has 0 radical (unpaired) electrons. The second kappa shape index (κ2) is 9.69. The lowest BCUT2D eigenvalue weighted by Gasteiger charge is -2.14. The lowest BCUT2D eigenvalue weighted by atomic mass is 10.1. The number of hydrogen-bond acceptors (Lipinski definition) is 7. The van der Waals surface area contributed by atoms with Crippen molar-refractivity contribution >= 4 is 57.0 Å². The zero-order chi connectivity index (χ0) is 24.4. The Morgan fingerprint density at radius 3 is 2.43 bits per heavy atom. The standard InChI is InChI=1S/C25H18N4O4S2/c30-22(26-12-13-28-24(32)20(35-25(28)33)15-17-9-6-14-34-17)21-18-10-4-5-11-19(18)23(31)29(27-21)16-7-2-1-3-8-16/h1-11,14-15H,12-13H2,(H,26,30)/b20-15-. The predicted octanol–water partition coefficient (Wildman–Crippen LogP) is 3.91. The van der Waals surface area contributed by atoms with Crippen molar-refractivity contribution in [2.24, 2.45) is 0 Å². The monoisotopic (exact) mass is 502 g/mol. The van der Waals surface area contributed by atoms with E-state index in [1.165, 1.54) is 16.0 Å². The lowest BCUT2D eigenvalue weighted by molar-refractivity contribution is -0.122. The summed E-state index contributed by atoms with van der Waals surface area (Å²) >= 11 is 2.36. The molecule has 1 aliphatic rings. The Bertz CT molecular complexity index is 1530. The van der Waals surface area contributed by atoms with Crippen molar-refractivity contribution < 1.29 is 14.4 Å². The topological polar surface area (TPSA) is 101 Å². The summed E-state index contributed by atoms with van der Waals surface area (Å²) in [6.45, 7) is 0.0675. The first-order valence-corrected chi connectivity index (χ1v) is 12.4. The summed E-state index contributed by atoms with van der Waals surface area (Å²) in [5.74, 6) is -0.893. The molecule has 2 aromatic carbocycles. The molecule has 0 atom stereocenters. The van der Waals surface area contributed by atoms with Crippen LogP contribution in [0.5, 0.6) is 0 Å². The normalized spacial score (nSPS) is 14.7. The summed E-state index contributed by atoms with van der Waals surface area (Å²) in [6, 6.07) is 19.3. The highest BCUT2D eigenvalue weighted by atomic mass is 32.2. The molecule has 4 aromatic rings. The summed E-state index contributed by atoms with van der Waals surface area (Å²) in [6.07, 6.45) is 1.69. The smallest absolute Gasteiger partial charge is 0.293 e. The molecule has 35 heavy (non-hydrogen) atoms. The largest absolute Gasteiger partial charge is 0.349 e. The summed E-state index contributed by atoms with van der Waals surface area (Å²) < 4.78 is 1.20. The quantitative estimate of drug-likeness (QED) is 0.401. The van der Waals surface area contributed by atoms with Crippen LogP contribution in [0.1, 0.15) is 15.4 Å². The summed E-state index contributed by atoms with van der Waals surface area (Å²) in [4.78, 5) is 53.4. The number of thioether (sulfide) groups is 1. The van der Waals surface area contributed by atoms with Crippen LogP contribution in [0.2, 0.25) is 0 Å². The van der Waals surface area contributed by atoms with Crippen LogP contribution < -0.4 is 10.9 Å². The average molecular weight is 503 g/mol. The third-order valence-corrected chi connectivity index (χ3v) is 7.06. The fourth-order valence-corrected chi connectivity index (χ4v) is 5.25. The Kier molecular flexibility index (Phi) is 6.30. The minimum absolute atomic E-state index is 0.0223. The third-order valence-electron chi connectivity index (χ3n) is 5.33. The van der Waals surface area contributed by atoms with Gasteiger partial charge in [0.25, 0.3) is 22.6 Å². The number of benzene rings is 2. The number of fused-ring (bicyclic) bond motifs is 1. The van der Waals surface area contributed by atoms with Gasteiger partial charge in [0, 0.05) is 23.4 Å². The van der Waals surface area contributed by atoms with Gasteiger partial charge in [-0.25, -0.2) is 0 Å². The van der Waals surface area contributed by atoms with Gasteiger partial charge in [-0.05, 0) is 47.5 Å². The summed E-state index contributed by atoms with van der Waals surface area (Å²) in [7, 11) is 0. The highest BCUT2D eigenvalue weighted by Crippen LogP contribution is 2.32. The Morgan fingerprint density at radius 1 is 0.943 bits per heavy atom. The number of rotatable bonds is 6. The molecule has 1 saturated heterocycles. The molecule has 174 valence electrons. The van der Waals surface area contributed by atoms with Gasteiger partial charge in [-0.15, -0.1) is 11.3 Å². The molecule has 1 aliphatic heterocycles. The summed E-state index contributed by atoms with van der Waals surface area (Å²) in [5, 5.41) is 9.36. The maximum absolute atomic E-state index is 13.1. The van der Waals surface area contributed by atoms with Crippen molar-refractivity contribution in [2.45, 2.75) is 0 Å². The highest BCUT2D eigenvalue weighted by molar-refractivity contribution is 8.18. The van der Waals surface area contributed by atoms with Crippen molar-refractivity contribution in [1.29, 1.82) is 0 Å². The third kappa shape index (κ3) is 4.53. The first-order chi connectivity index (χ1) is 17.0. The molecular formula is C25H18N4O4S2. The minimum atomic E-state index is -0.507. The van der Waals surface area contributed by atoms with E-state index in [2.05, 4.69) is 10.4 Å². The second-order valence-corrected chi connectivity index (χ2v) is 9.52. The fourth-order valence-electron chi connectivity index (χ4n) is 3.66. The molecule has 5 rings (SSSR count). The van der Waals surface area contributed by atoms with E-state index >= 15 is 0 Å². The molecule has 3 heterocycles. The van der Waals surface area contributed by atoms with Crippen LogP contribution in [0.3, 0.4) is 0 Å². The first-order valence-electron chi connectivity index (χ1n) is 10.7. The molecule has 2 aromatic heterocycles. The van der Waals surface area contributed by atoms with Crippen molar-refractivity contribution in [3.05, 3.63) is 97.9 Å². The molecule has 8 nitrogen and oxygen atoms in total. The van der Waals surface area contributed by atoms with Gasteiger partial charge in [0.15, 0.2) is 5.69 Å². The molecule has 10 heteroatoms. The van der Waals surface area contributed by atoms with E-state index in [0.29, 0.717) is 21.4 Å². The highest BCUT2D eigenvalue weighted by Gasteiger charge is 2.34. The van der Waals surface area contributed by atoms with Crippen molar-refractivity contribution in [3.63, 3.8) is 0 Å². The van der Waals surface area contributed by atoms with Crippen LogP contribution in [0.15, 0.2) is 81.8 Å². The lowest BCUT2D eigenvalue weighted by Crippen LogP contribution is -2.38. The number of hydrogen-bond donors (Lipinski definition) is 1. The van der Waals surface area contributed by atoms with Gasteiger partial charge < -0.3 is 5.32 Å². The fraction of sp³-hybridized carbons (Fsp3) is 0.0800. The number of imide groups is 1. The number of para-hydroxylation sites is 1. The second-order valence-electron chi connectivity index (χ2n) is 7.55. The van der Waals surface area contributed by atoms with E-state index in [0.717, 1.165) is 21.5 Å². The van der Waals surface area contributed by atoms with Crippen LogP contribution in [-0.4, -0.2) is 44.8 Å². The molecule has 0 spiro atoms. The van der Waals surface area contributed by atoms with Gasteiger partial charge in [-0.1, -0.05) is 42.5 Å². The number of aromatic nitrogens is 2. The van der Waals surface area contributed by atoms with Crippen molar-refractivity contribution in [1.82, 2.24) is 20.0 Å². The maximum Gasteiger partial charge on any atom is 0.293 e. The zero-order valence-electron chi connectivity index (χ0n) is 18.2. The number of amides is 3. The van der Waals surface area contributed by atoms with E-state index in [-0.39, 0.29) is 35.5 Å². The van der Waals surface area contributed by atoms with E-state index in [4.69, 9.17) is 0 Å².